The third-order valence-electron chi connectivity index (χ3n) is 6.28. The summed E-state index contributed by atoms with van der Waals surface area (Å²) in [7, 11) is 3.27. The van der Waals surface area contributed by atoms with E-state index in [1.54, 1.807) is 20.5 Å². The fraction of sp³-hybridized carbons (Fsp3) is 0.292. The number of benzene rings is 2. The molecule has 2 aromatic carbocycles. The van der Waals surface area contributed by atoms with Crippen molar-refractivity contribution in [3.63, 3.8) is 0 Å². The lowest BCUT2D eigenvalue weighted by Gasteiger charge is -2.43. The maximum atomic E-state index is 6.18. The molecule has 0 bridgehead atoms. The minimum atomic E-state index is 0.0300. The highest BCUT2D eigenvalue weighted by Gasteiger charge is 2.40. The van der Waals surface area contributed by atoms with Crippen LogP contribution in [0.1, 0.15) is 24.8 Å². The van der Waals surface area contributed by atoms with Crippen molar-refractivity contribution in [2.75, 3.05) is 20.0 Å². The number of halogens is 1. The molecule has 0 unspecified atom stereocenters. The summed E-state index contributed by atoms with van der Waals surface area (Å²) in [4.78, 5) is 14.8. The Hall–Kier alpha value is -2.97. The number of aromatic nitrogens is 4. The number of rotatable bonds is 7. The van der Waals surface area contributed by atoms with Gasteiger partial charge in [0.1, 0.15) is 11.5 Å². The zero-order valence-corrected chi connectivity index (χ0v) is 20.0. The highest BCUT2D eigenvalue weighted by Crippen LogP contribution is 2.46. The summed E-state index contributed by atoms with van der Waals surface area (Å²) in [6.45, 7) is 0.754. The fourth-order valence-electron chi connectivity index (χ4n) is 4.33. The Morgan fingerprint density at radius 1 is 1.09 bits per heavy atom. The van der Waals surface area contributed by atoms with Gasteiger partial charge in [-0.1, -0.05) is 30.2 Å². The first-order valence-corrected chi connectivity index (χ1v) is 11.8. The Labute approximate surface area is 201 Å². The number of nitrogen functional groups attached to an aromatic ring is 1. The Bertz CT molecular complexity index is 1260. The van der Waals surface area contributed by atoms with Crippen molar-refractivity contribution >= 4 is 29.2 Å². The summed E-state index contributed by atoms with van der Waals surface area (Å²) in [6.07, 6.45) is 5.16. The van der Waals surface area contributed by atoms with E-state index in [0.29, 0.717) is 16.7 Å². The van der Waals surface area contributed by atoms with Crippen molar-refractivity contribution in [1.82, 2.24) is 19.5 Å². The molecule has 33 heavy (non-hydrogen) atoms. The molecular formula is C24H24ClN5O2S. The molecular weight excluding hydrogens is 458 g/mol. The molecule has 0 amide bonds. The van der Waals surface area contributed by atoms with Crippen molar-refractivity contribution in [2.24, 2.45) is 0 Å². The second-order valence-electron chi connectivity index (χ2n) is 8.20. The third kappa shape index (κ3) is 4.09. The van der Waals surface area contributed by atoms with E-state index in [2.05, 4.69) is 26.7 Å². The molecule has 2 aliphatic heterocycles. The van der Waals surface area contributed by atoms with Crippen LogP contribution < -0.4 is 15.2 Å². The van der Waals surface area contributed by atoms with Crippen molar-refractivity contribution in [3.8, 4) is 23.0 Å². The Morgan fingerprint density at radius 2 is 1.88 bits per heavy atom. The summed E-state index contributed by atoms with van der Waals surface area (Å²) in [5.74, 6) is 2.56. The zero-order chi connectivity index (χ0) is 23.0. The molecule has 1 aliphatic carbocycles. The van der Waals surface area contributed by atoms with E-state index in [0.717, 1.165) is 46.6 Å². The standard InChI is InChI=1S/C24H24ClN5O2S/c1-31-17-8-9-18(32-2)19(12-17)33-23-28-20-21(26)27-14-30(22(20)29-23)13-24(10-3-11-24)15-4-6-16(25)7-5-15/h4-9,12,14H,3,10-11,13,26H2,1-2H3. The molecule has 170 valence electrons. The molecule has 2 aromatic rings. The van der Waals surface area contributed by atoms with Gasteiger partial charge in [-0.2, -0.15) is 0 Å². The molecule has 3 aliphatic rings. The van der Waals surface area contributed by atoms with Crippen molar-refractivity contribution in [2.45, 2.75) is 41.3 Å². The molecule has 2 N–H and O–H groups in total. The van der Waals surface area contributed by atoms with Gasteiger partial charge in [0.2, 0.25) is 0 Å². The van der Waals surface area contributed by atoms with Crippen LogP contribution in [0.15, 0.2) is 58.8 Å². The van der Waals surface area contributed by atoms with Gasteiger partial charge in [0, 0.05) is 17.0 Å². The Kier molecular flexibility index (Phi) is 5.80. The first-order valence-electron chi connectivity index (χ1n) is 10.7. The van der Waals surface area contributed by atoms with E-state index < -0.39 is 0 Å². The van der Waals surface area contributed by atoms with Gasteiger partial charge in [0.15, 0.2) is 22.5 Å². The van der Waals surface area contributed by atoms with Crippen molar-refractivity contribution in [1.29, 1.82) is 0 Å². The van der Waals surface area contributed by atoms with Gasteiger partial charge in [0.05, 0.1) is 25.4 Å². The topological polar surface area (TPSA) is 88.1 Å². The average molecular weight is 482 g/mol. The number of imidazole rings is 1. The highest BCUT2D eigenvalue weighted by molar-refractivity contribution is 7.99. The van der Waals surface area contributed by atoms with Crippen LogP contribution in [-0.4, -0.2) is 33.7 Å². The quantitative estimate of drug-likeness (QED) is 0.383. The van der Waals surface area contributed by atoms with Crippen molar-refractivity contribution < 1.29 is 9.47 Å². The molecule has 9 heteroatoms. The van der Waals surface area contributed by atoms with Gasteiger partial charge >= 0.3 is 0 Å². The number of hydrogen-bond donors (Lipinski definition) is 1. The van der Waals surface area contributed by atoms with Crippen LogP contribution in [0.4, 0.5) is 5.82 Å². The number of hydrogen-bond acceptors (Lipinski definition) is 7. The molecule has 1 fully saturated rings. The minimum Gasteiger partial charge on any atom is -0.497 e. The van der Waals surface area contributed by atoms with Gasteiger partial charge in [-0.25, -0.2) is 15.0 Å². The van der Waals surface area contributed by atoms with Gasteiger partial charge < -0.3 is 19.8 Å². The van der Waals surface area contributed by atoms with Crippen molar-refractivity contribution in [3.05, 3.63) is 59.4 Å². The predicted octanol–water partition coefficient (Wildman–Crippen LogP) is 5.30. The molecule has 7 nitrogen and oxygen atoms in total. The summed E-state index contributed by atoms with van der Waals surface area (Å²) in [5.41, 5.74) is 8.09. The summed E-state index contributed by atoms with van der Waals surface area (Å²) in [6, 6.07) is 13.8. The molecule has 0 atom stereocenters. The maximum Gasteiger partial charge on any atom is 0.195 e. The average Bonchev–Trinajstić information content (AvgIpc) is 3.23. The normalized spacial score (nSPS) is 14.8. The van der Waals surface area contributed by atoms with E-state index in [4.69, 9.17) is 31.8 Å². The van der Waals surface area contributed by atoms with E-state index in [9.17, 15) is 0 Å². The summed E-state index contributed by atoms with van der Waals surface area (Å²) >= 11 is 7.53. The van der Waals surface area contributed by atoms with Gasteiger partial charge in [0.25, 0.3) is 0 Å². The van der Waals surface area contributed by atoms with E-state index >= 15 is 0 Å². The molecule has 2 heterocycles. The third-order valence-corrected chi connectivity index (χ3v) is 7.44. The van der Waals surface area contributed by atoms with Gasteiger partial charge in [-0.15, -0.1) is 0 Å². The largest absolute Gasteiger partial charge is 0.497 e. The number of fused-ring (bicyclic) bond motifs is 1. The number of ether oxygens (including phenoxy) is 2. The van der Waals surface area contributed by atoms with Crippen LogP contribution in [0.5, 0.6) is 11.5 Å². The number of nitrogens with zero attached hydrogens (tertiary/aromatic N) is 4. The predicted molar refractivity (Wildman–Crippen MR) is 130 cm³/mol. The smallest absolute Gasteiger partial charge is 0.195 e. The van der Waals surface area contributed by atoms with Crippen LogP contribution >= 0.6 is 23.4 Å². The molecule has 1 saturated carbocycles. The SMILES string of the molecule is COc1ccc(OC)c(Sc2nc3c(N)ncn(CC4(c5ccc(Cl)cc5)CCC4)c-3n2)c1. The first-order chi connectivity index (χ1) is 16.0. The van der Waals surface area contributed by atoms with E-state index in [-0.39, 0.29) is 5.41 Å². The lowest BCUT2D eigenvalue weighted by molar-refractivity contribution is 0.208. The molecule has 0 radical (unpaired) electrons. The van der Waals surface area contributed by atoms with Crippen LogP contribution in [0, 0.1) is 0 Å². The van der Waals surface area contributed by atoms with Crippen LogP contribution in [0.25, 0.3) is 11.5 Å². The van der Waals surface area contributed by atoms with E-state index in [1.807, 2.05) is 30.3 Å². The van der Waals surface area contributed by atoms with Crippen LogP contribution in [0.3, 0.4) is 0 Å². The number of nitrogens with two attached hydrogens (primary N) is 1. The summed E-state index contributed by atoms with van der Waals surface area (Å²) in [5, 5.41) is 1.33. The second kappa shape index (κ2) is 8.76. The van der Waals surface area contributed by atoms with Crippen LogP contribution in [0.2, 0.25) is 5.02 Å². The maximum absolute atomic E-state index is 6.18. The highest BCUT2D eigenvalue weighted by atomic mass is 35.5. The monoisotopic (exact) mass is 481 g/mol. The fourth-order valence-corrected chi connectivity index (χ4v) is 5.35. The lowest BCUT2D eigenvalue weighted by atomic mass is 9.64. The van der Waals surface area contributed by atoms with Gasteiger partial charge in [-0.05, 0) is 60.5 Å². The number of methoxy groups -OCH3 is 2. The van der Waals surface area contributed by atoms with Crippen LogP contribution in [-0.2, 0) is 12.0 Å². The Morgan fingerprint density at radius 3 is 2.55 bits per heavy atom. The second-order valence-corrected chi connectivity index (χ2v) is 9.64. The molecule has 0 aromatic heterocycles. The molecule has 5 rings (SSSR count). The zero-order valence-electron chi connectivity index (χ0n) is 18.4. The minimum absolute atomic E-state index is 0.0300. The number of anilines is 1. The molecule has 0 spiro atoms. The van der Waals surface area contributed by atoms with Gasteiger partial charge in [-0.3, -0.25) is 0 Å². The van der Waals surface area contributed by atoms with E-state index in [1.165, 1.54) is 23.7 Å². The summed E-state index contributed by atoms with van der Waals surface area (Å²) < 4.78 is 12.9. The molecule has 0 saturated heterocycles. The Balaban J connectivity index is 1.50. The first kappa shape index (κ1) is 21.9. The lowest BCUT2D eigenvalue weighted by Crippen LogP contribution is -2.39.